The summed E-state index contributed by atoms with van der Waals surface area (Å²) >= 11 is 0. The minimum atomic E-state index is -1.01. The van der Waals surface area contributed by atoms with Crippen molar-refractivity contribution < 1.29 is 23.8 Å². The third kappa shape index (κ3) is 3.12. The van der Waals surface area contributed by atoms with Crippen molar-refractivity contribution >= 4 is 11.8 Å². The molecule has 0 saturated heterocycles. The molecule has 0 aliphatic heterocycles. The molecule has 0 radical (unpaired) electrons. The number of ether oxygens (including phenoxy) is 3. The maximum Gasteiger partial charge on any atom is 0.321 e. The van der Waals surface area contributed by atoms with Crippen molar-refractivity contribution in [1.82, 2.24) is 0 Å². The van der Waals surface area contributed by atoms with Gasteiger partial charge < -0.3 is 14.2 Å². The van der Waals surface area contributed by atoms with Gasteiger partial charge in [0.15, 0.2) is 12.2 Å². The molecule has 0 spiro atoms. The Morgan fingerprint density at radius 3 is 1.77 bits per heavy atom. The van der Waals surface area contributed by atoms with Crippen LogP contribution >= 0.6 is 0 Å². The van der Waals surface area contributed by atoms with Gasteiger partial charge in [0.25, 0.3) is 0 Å². The van der Waals surface area contributed by atoms with E-state index in [1.165, 1.54) is 28.3 Å². The predicted octanol–water partition coefficient (Wildman–Crippen LogP) is -0.0165. The summed E-state index contributed by atoms with van der Waals surface area (Å²) in [6.07, 6.45) is -0.884. The highest BCUT2D eigenvalue weighted by Crippen LogP contribution is 2.11. The smallest absolute Gasteiger partial charge is 0.321 e. The summed E-state index contributed by atoms with van der Waals surface area (Å²) in [6.45, 7) is 1.28. The zero-order valence-corrected chi connectivity index (χ0v) is 8.20. The molecule has 0 N–H and O–H groups in total. The number of methoxy groups -OCH3 is 3. The Labute approximate surface area is 77.0 Å². The molecule has 0 rings (SSSR count). The van der Waals surface area contributed by atoms with Crippen molar-refractivity contribution in [2.45, 2.75) is 13.2 Å². The lowest BCUT2D eigenvalue weighted by Gasteiger charge is -2.19. The number of hydrogen-bond acceptors (Lipinski definition) is 5. The van der Waals surface area contributed by atoms with Gasteiger partial charge in [-0.25, -0.2) is 0 Å². The lowest BCUT2D eigenvalue weighted by molar-refractivity contribution is -0.177. The number of carbonyl (C=O) groups is 2. The van der Waals surface area contributed by atoms with Crippen LogP contribution in [0.4, 0.5) is 0 Å². The fourth-order valence-electron chi connectivity index (χ4n) is 0.964. The van der Waals surface area contributed by atoms with Crippen molar-refractivity contribution in [1.29, 1.82) is 0 Å². The van der Waals surface area contributed by atoms with E-state index >= 15 is 0 Å². The van der Waals surface area contributed by atoms with Crippen LogP contribution in [0.5, 0.6) is 0 Å². The monoisotopic (exact) mass is 190 g/mol. The van der Waals surface area contributed by atoms with Crippen LogP contribution in [-0.2, 0) is 23.8 Å². The highest BCUT2D eigenvalue weighted by atomic mass is 16.7. The molecule has 0 heterocycles. The van der Waals surface area contributed by atoms with E-state index < -0.39 is 18.2 Å². The summed E-state index contributed by atoms with van der Waals surface area (Å²) in [7, 11) is 3.92. The Hall–Kier alpha value is -0.940. The van der Waals surface area contributed by atoms with Crippen LogP contribution in [0.3, 0.4) is 0 Å². The zero-order valence-electron chi connectivity index (χ0n) is 8.20. The average Bonchev–Trinajstić information content (AvgIpc) is 2.12. The zero-order chi connectivity index (χ0) is 10.4. The van der Waals surface area contributed by atoms with Crippen LogP contribution in [0.25, 0.3) is 0 Å². The molecule has 0 fully saturated rings. The number of Topliss-reactive ketones (excluding diaryl/α,β-unsaturated/α-hetero) is 1. The molecule has 1 unspecified atom stereocenters. The summed E-state index contributed by atoms with van der Waals surface area (Å²) in [5.41, 5.74) is 0. The topological polar surface area (TPSA) is 61.8 Å². The van der Waals surface area contributed by atoms with Gasteiger partial charge >= 0.3 is 5.97 Å². The van der Waals surface area contributed by atoms with Crippen LogP contribution in [-0.4, -0.2) is 39.4 Å². The van der Waals surface area contributed by atoms with E-state index in [9.17, 15) is 9.59 Å². The first kappa shape index (κ1) is 12.1. The van der Waals surface area contributed by atoms with Crippen molar-refractivity contribution in [2.75, 3.05) is 21.3 Å². The molecule has 0 aliphatic carbocycles. The number of hydrogen-bond donors (Lipinski definition) is 0. The Morgan fingerprint density at radius 1 is 1.08 bits per heavy atom. The van der Waals surface area contributed by atoms with Crippen LogP contribution in [0.15, 0.2) is 0 Å². The van der Waals surface area contributed by atoms with Gasteiger partial charge in [-0.2, -0.15) is 0 Å². The summed E-state index contributed by atoms with van der Waals surface area (Å²) in [4.78, 5) is 22.2. The first-order valence-electron chi connectivity index (χ1n) is 3.72. The molecular weight excluding hydrogens is 176 g/mol. The molecule has 0 saturated carbocycles. The molecule has 76 valence electrons. The molecule has 5 nitrogen and oxygen atoms in total. The lowest BCUT2D eigenvalue weighted by atomic mass is 10.1. The summed E-state index contributed by atoms with van der Waals surface area (Å²) in [6, 6.07) is 0. The first-order chi connectivity index (χ1) is 6.08. The van der Waals surface area contributed by atoms with Gasteiger partial charge in [-0.15, -0.1) is 0 Å². The second kappa shape index (κ2) is 5.66. The molecule has 0 aromatic heterocycles. The first-order valence-corrected chi connectivity index (χ1v) is 3.72. The van der Waals surface area contributed by atoms with E-state index in [-0.39, 0.29) is 5.78 Å². The van der Waals surface area contributed by atoms with Crippen LogP contribution in [0.2, 0.25) is 0 Å². The van der Waals surface area contributed by atoms with Crippen LogP contribution in [0.1, 0.15) is 6.92 Å². The highest BCUT2D eigenvalue weighted by Gasteiger charge is 2.33. The van der Waals surface area contributed by atoms with Gasteiger partial charge in [0.2, 0.25) is 0 Å². The Kier molecular flexibility index (Phi) is 5.25. The molecule has 0 amide bonds. The van der Waals surface area contributed by atoms with Gasteiger partial charge in [0, 0.05) is 14.2 Å². The summed E-state index contributed by atoms with van der Waals surface area (Å²) < 4.78 is 14.0. The van der Waals surface area contributed by atoms with Gasteiger partial charge in [0.1, 0.15) is 5.78 Å². The van der Waals surface area contributed by atoms with Crippen molar-refractivity contribution in [3.63, 3.8) is 0 Å². The van der Waals surface area contributed by atoms with Gasteiger partial charge in [-0.05, 0) is 6.92 Å². The average molecular weight is 190 g/mol. The highest BCUT2D eigenvalue weighted by molar-refractivity contribution is 5.98. The fourth-order valence-corrected chi connectivity index (χ4v) is 0.964. The minimum Gasteiger partial charge on any atom is -0.468 e. The Balaban J connectivity index is 4.57. The third-order valence-electron chi connectivity index (χ3n) is 1.63. The number of ketones is 1. The number of carbonyl (C=O) groups excluding carboxylic acids is 2. The lowest BCUT2D eigenvalue weighted by Crippen LogP contribution is -2.37. The SMILES string of the molecule is COC(=O)C(C(C)=O)C(OC)OC. The standard InChI is InChI=1S/C8H14O5/c1-5(9)6(7(10)11-2)8(12-3)13-4/h6,8H,1-4H3. The van der Waals surface area contributed by atoms with Crippen molar-refractivity contribution in [2.24, 2.45) is 5.92 Å². The maximum atomic E-state index is 11.1. The van der Waals surface area contributed by atoms with Crippen LogP contribution < -0.4 is 0 Å². The molecule has 13 heavy (non-hydrogen) atoms. The Bertz CT molecular complexity index is 185. The van der Waals surface area contributed by atoms with E-state index in [4.69, 9.17) is 9.47 Å². The van der Waals surface area contributed by atoms with Gasteiger partial charge in [-0.1, -0.05) is 0 Å². The molecule has 5 heteroatoms. The van der Waals surface area contributed by atoms with E-state index in [0.29, 0.717) is 0 Å². The minimum absolute atomic E-state index is 0.347. The second-order valence-corrected chi connectivity index (χ2v) is 2.45. The molecule has 0 aliphatic rings. The van der Waals surface area contributed by atoms with Crippen molar-refractivity contribution in [3.8, 4) is 0 Å². The largest absolute Gasteiger partial charge is 0.468 e. The van der Waals surface area contributed by atoms with E-state index in [2.05, 4.69) is 4.74 Å². The fraction of sp³-hybridized carbons (Fsp3) is 0.750. The summed E-state index contributed by atoms with van der Waals surface area (Å²) in [5.74, 6) is -2.01. The predicted molar refractivity (Wildman–Crippen MR) is 44.0 cm³/mol. The molecule has 0 bridgehead atoms. The van der Waals surface area contributed by atoms with Gasteiger partial charge in [0.05, 0.1) is 7.11 Å². The summed E-state index contributed by atoms with van der Waals surface area (Å²) in [5, 5.41) is 0. The molecule has 1 atom stereocenters. The van der Waals surface area contributed by atoms with E-state index in [1.807, 2.05) is 0 Å². The molecular formula is C8H14O5. The van der Waals surface area contributed by atoms with Gasteiger partial charge in [-0.3, -0.25) is 9.59 Å². The quantitative estimate of drug-likeness (QED) is 0.346. The molecule has 0 aromatic rings. The maximum absolute atomic E-state index is 11.1. The number of rotatable bonds is 5. The second-order valence-electron chi connectivity index (χ2n) is 2.45. The van der Waals surface area contributed by atoms with E-state index in [1.54, 1.807) is 0 Å². The van der Waals surface area contributed by atoms with E-state index in [0.717, 1.165) is 0 Å². The van der Waals surface area contributed by atoms with Crippen LogP contribution in [0, 0.1) is 5.92 Å². The normalized spacial score (nSPS) is 12.7. The van der Waals surface area contributed by atoms with Crippen molar-refractivity contribution in [3.05, 3.63) is 0 Å². The number of esters is 1. The molecule has 0 aromatic carbocycles. The third-order valence-corrected chi connectivity index (χ3v) is 1.63. The Morgan fingerprint density at radius 2 is 1.54 bits per heavy atom.